The lowest BCUT2D eigenvalue weighted by Gasteiger charge is -2.32. The molecule has 2 heterocycles. The van der Waals surface area contributed by atoms with E-state index in [9.17, 15) is 9.59 Å². The summed E-state index contributed by atoms with van der Waals surface area (Å²) >= 11 is 0. The van der Waals surface area contributed by atoms with E-state index in [0.29, 0.717) is 35.2 Å². The third-order valence-corrected chi connectivity index (χ3v) is 7.51. The highest BCUT2D eigenvalue weighted by Crippen LogP contribution is 2.38. The number of carbonyl (C=O) groups is 2. The molecule has 1 amide bonds. The van der Waals surface area contributed by atoms with Crippen LogP contribution >= 0.6 is 0 Å². The summed E-state index contributed by atoms with van der Waals surface area (Å²) in [6.07, 6.45) is 0.510. The lowest BCUT2D eigenvalue weighted by atomic mass is 9.75. The summed E-state index contributed by atoms with van der Waals surface area (Å²) in [5.41, 5.74) is 2.13. The molecule has 0 unspecified atom stereocenters. The Balaban J connectivity index is 1.77. The number of fused-ring (bicyclic) bond motifs is 1. The van der Waals surface area contributed by atoms with E-state index in [2.05, 4.69) is 0 Å². The summed E-state index contributed by atoms with van der Waals surface area (Å²) in [5, 5.41) is 0. The van der Waals surface area contributed by atoms with Crippen LogP contribution in [0.1, 0.15) is 82.4 Å². The van der Waals surface area contributed by atoms with E-state index < -0.39 is 36.0 Å². The molecule has 2 aliphatic heterocycles. The van der Waals surface area contributed by atoms with Crippen LogP contribution in [0.15, 0.2) is 30.3 Å². The Morgan fingerprint density at radius 2 is 1.78 bits per heavy atom. The predicted octanol–water partition coefficient (Wildman–Crippen LogP) is 4.69. The van der Waals surface area contributed by atoms with Gasteiger partial charge in [-0.1, -0.05) is 39.0 Å². The molecule has 0 aliphatic carbocycles. The molecule has 2 aromatic rings. The molecular weight excluding hydrogens is 460 g/mol. The van der Waals surface area contributed by atoms with Gasteiger partial charge in [0.25, 0.3) is 5.91 Å². The fraction of sp³-hybridized carbons (Fsp3) is 0.500. The summed E-state index contributed by atoms with van der Waals surface area (Å²) in [5.74, 6) is -1.37. The molecule has 2 aromatic carbocycles. The summed E-state index contributed by atoms with van der Waals surface area (Å²) in [6, 6.07) is 8.85. The van der Waals surface area contributed by atoms with Crippen molar-refractivity contribution in [3.8, 4) is 0 Å². The zero-order valence-corrected chi connectivity index (χ0v) is 22.5. The Kier molecular flexibility index (Phi) is 6.59. The van der Waals surface area contributed by atoms with Crippen molar-refractivity contribution in [1.29, 1.82) is 0 Å². The largest absolute Gasteiger partial charge is 0.495 e. The third-order valence-electron chi connectivity index (χ3n) is 7.51. The van der Waals surface area contributed by atoms with Crippen LogP contribution in [0.4, 0.5) is 10.1 Å². The predicted molar refractivity (Wildman–Crippen MR) is 138 cm³/mol. The van der Waals surface area contributed by atoms with Crippen LogP contribution in [-0.4, -0.2) is 36.7 Å². The topological polar surface area (TPSA) is 65.1 Å². The third kappa shape index (κ3) is 4.69. The maximum atomic E-state index is 15.3. The van der Waals surface area contributed by atoms with Crippen molar-refractivity contribution in [1.82, 2.24) is 0 Å². The van der Waals surface area contributed by atoms with E-state index >= 15 is 4.39 Å². The van der Waals surface area contributed by atoms with Gasteiger partial charge >= 0.3 is 13.1 Å². The number of rotatable bonds is 4. The van der Waals surface area contributed by atoms with Crippen LogP contribution in [-0.2, 0) is 37.3 Å². The first-order valence-corrected chi connectivity index (χ1v) is 12.4. The van der Waals surface area contributed by atoms with E-state index in [1.807, 2.05) is 66.7 Å². The number of carbonyl (C=O) groups excluding carboxylic acids is 2. The lowest BCUT2D eigenvalue weighted by molar-refractivity contribution is -0.142. The Bertz CT molecular complexity index is 1200. The second kappa shape index (κ2) is 9.00. The quantitative estimate of drug-likeness (QED) is 0.455. The van der Waals surface area contributed by atoms with Gasteiger partial charge in [-0.2, -0.15) is 0 Å². The summed E-state index contributed by atoms with van der Waals surface area (Å²) in [7, 11) is -0.709. The smallest absolute Gasteiger partial charge is 0.461 e. The minimum atomic E-state index is -0.709. The number of benzene rings is 2. The normalized spacial score (nSPS) is 18.9. The molecule has 4 rings (SSSR count). The number of esters is 1. The number of hydrogen-bond acceptors (Lipinski definition) is 5. The number of halogens is 1. The van der Waals surface area contributed by atoms with Crippen LogP contribution < -0.4 is 10.4 Å². The molecule has 6 nitrogen and oxygen atoms in total. The SMILES string of the molecule is CC(=O)OCc1c(B2OC(C)(C)C(C)(C)O2)cccc1N1CCc2cc(C(C)(C)C)cc(F)c2C1=O. The molecular formula is C28H35BFNO5. The highest BCUT2D eigenvalue weighted by Gasteiger charge is 2.52. The van der Waals surface area contributed by atoms with E-state index in [4.69, 9.17) is 14.0 Å². The molecule has 0 saturated carbocycles. The standard InChI is InChI=1S/C28H35BFNO5/c1-17(32)34-16-20-21(29-35-27(5,6)28(7,8)36-29)10-9-11-23(20)31-13-12-18-14-19(26(2,3)4)15-22(30)24(18)25(31)33/h9-11,14-15H,12-13,16H2,1-8H3. The molecule has 8 heteroatoms. The number of amides is 1. The first-order chi connectivity index (χ1) is 16.6. The summed E-state index contributed by atoms with van der Waals surface area (Å²) < 4.78 is 33.2. The molecule has 36 heavy (non-hydrogen) atoms. The van der Waals surface area contributed by atoms with E-state index in [0.717, 1.165) is 5.56 Å². The van der Waals surface area contributed by atoms with Gasteiger partial charge in [0.15, 0.2) is 0 Å². The van der Waals surface area contributed by atoms with Gasteiger partial charge in [0.1, 0.15) is 12.4 Å². The van der Waals surface area contributed by atoms with Gasteiger partial charge in [-0.15, -0.1) is 0 Å². The number of hydrogen-bond donors (Lipinski definition) is 0. The zero-order valence-electron chi connectivity index (χ0n) is 22.5. The van der Waals surface area contributed by atoms with Crippen molar-refractivity contribution in [2.45, 2.75) is 85.0 Å². The first-order valence-electron chi connectivity index (χ1n) is 12.4. The molecule has 0 radical (unpaired) electrons. The maximum Gasteiger partial charge on any atom is 0.495 e. The molecule has 0 bridgehead atoms. The van der Waals surface area contributed by atoms with Gasteiger partial charge in [0.05, 0.1) is 22.5 Å². The van der Waals surface area contributed by atoms with Crippen LogP contribution in [0, 0.1) is 5.82 Å². The van der Waals surface area contributed by atoms with Gasteiger partial charge in [0, 0.05) is 19.0 Å². The summed E-state index contributed by atoms with van der Waals surface area (Å²) in [4.78, 5) is 26.9. The van der Waals surface area contributed by atoms with Crippen molar-refractivity contribution in [3.63, 3.8) is 0 Å². The fourth-order valence-electron chi connectivity index (χ4n) is 4.60. The molecule has 1 saturated heterocycles. The highest BCUT2D eigenvalue weighted by atomic mass is 19.1. The second-order valence-electron chi connectivity index (χ2n) is 11.7. The van der Waals surface area contributed by atoms with E-state index in [1.54, 1.807) is 11.0 Å². The van der Waals surface area contributed by atoms with Crippen molar-refractivity contribution in [2.24, 2.45) is 0 Å². The molecule has 2 aliphatic rings. The van der Waals surface area contributed by atoms with E-state index in [-0.39, 0.29) is 17.6 Å². The van der Waals surface area contributed by atoms with Crippen molar-refractivity contribution >= 4 is 30.1 Å². The zero-order chi connectivity index (χ0) is 26.6. The van der Waals surface area contributed by atoms with Crippen LogP contribution in [0.2, 0.25) is 0 Å². The average Bonchev–Trinajstić information content (AvgIpc) is 2.98. The van der Waals surface area contributed by atoms with Gasteiger partial charge in [-0.3, -0.25) is 9.59 Å². The molecule has 192 valence electrons. The van der Waals surface area contributed by atoms with Crippen LogP contribution in [0.3, 0.4) is 0 Å². The first kappa shape index (κ1) is 26.4. The van der Waals surface area contributed by atoms with Gasteiger partial charge in [-0.05, 0) is 68.3 Å². The molecule has 1 fully saturated rings. The minimum Gasteiger partial charge on any atom is -0.461 e. The van der Waals surface area contributed by atoms with Gasteiger partial charge in [0.2, 0.25) is 0 Å². The van der Waals surface area contributed by atoms with Crippen molar-refractivity contribution in [2.75, 3.05) is 11.4 Å². The summed E-state index contributed by atoms with van der Waals surface area (Å²) in [6.45, 7) is 15.6. The van der Waals surface area contributed by atoms with E-state index in [1.165, 1.54) is 13.0 Å². The number of ether oxygens (including phenoxy) is 1. The second-order valence-corrected chi connectivity index (χ2v) is 11.7. The Labute approximate surface area is 213 Å². The Hall–Kier alpha value is -2.71. The average molecular weight is 495 g/mol. The Morgan fingerprint density at radius 3 is 2.36 bits per heavy atom. The highest BCUT2D eigenvalue weighted by molar-refractivity contribution is 6.62. The molecule has 0 N–H and O–H groups in total. The lowest BCUT2D eigenvalue weighted by Crippen LogP contribution is -2.42. The van der Waals surface area contributed by atoms with Crippen LogP contribution in [0.25, 0.3) is 0 Å². The molecule has 0 atom stereocenters. The number of anilines is 1. The minimum absolute atomic E-state index is 0.0625. The van der Waals surface area contributed by atoms with Gasteiger partial charge < -0.3 is 18.9 Å². The maximum absolute atomic E-state index is 15.3. The molecule has 0 aromatic heterocycles. The van der Waals surface area contributed by atoms with Crippen molar-refractivity contribution in [3.05, 3.63) is 58.4 Å². The van der Waals surface area contributed by atoms with Crippen LogP contribution in [0.5, 0.6) is 0 Å². The van der Waals surface area contributed by atoms with Crippen molar-refractivity contribution < 1.29 is 28.0 Å². The molecule has 0 spiro atoms. The monoisotopic (exact) mass is 495 g/mol. The van der Waals surface area contributed by atoms with Gasteiger partial charge in [-0.25, -0.2) is 4.39 Å². The number of nitrogens with zero attached hydrogens (tertiary/aromatic N) is 1. The Morgan fingerprint density at radius 1 is 1.14 bits per heavy atom. The fourth-order valence-corrected chi connectivity index (χ4v) is 4.60.